The number of hydrogen-bond donors (Lipinski definition) is 1. The Labute approximate surface area is 67.6 Å². The summed E-state index contributed by atoms with van der Waals surface area (Å²) < 4.78 is 0. The Balaban J connectivity index is 3.22. The van der Waals surface area contributed by atoms with E-state index in [1.807, 2.05) is 0 Å². The van der Waals surface area contributed by atoms with E-state index in [1.54, 1.807) is 0 Å². The molecule has 0 amide bonds. The monoisotopic (exact) mass is 159 g/mol. The van der Waals surface area contributed by atoms with Crippen LogP contribution in [0.1, 0.15) is 39.0 Å². The number of hydrogen-bond acceptors (Lipinski definition) is 2. The fourth-order valence-electron chi connectivity index (χ4n) is 0.959. The van der Waals surface area contributed by atoms with Gasteiger partial charge in [0.05, 0.1) is 6.04 Å². The van der Waals surface area contributed by atoms with Crippen LogP contribution in [0.4, 0.5) is 0 Å². The van der Waals surface area contributed by atoms with Crippen LogP contribution in [0.3, 0.4) is 0 Å². The summed E-state index contributed by atoms with van der Waals surface area (Å²) in [6, 6.07) is 0.285. The molecule has 3 nitrogen and oxygen atoms in total. The second-order valence-electron chi connectivity index (χ2n) is 2.92. The van der Waals surface area contributed by atoms with Gasteiger partial charge in [0.2, 0.25) is 0 Å². The molecule has 0 heterocycles. The number of carboxylic acids is 1. The summed E-state index contributed by atoms with van der Waals surface area (Å²) in [6.07, 6.45) is 4.13. The molecule has 0 aliphatic carbocycles. The quantitative estimate of drug-likeness (QED) is 0.557. The van der Waals surface area contributed by atoms with Crippen LogP contribution in [-0.2, 0) is 4.79 Å². The second-order valence-corrected chi connectivity index (χ2v) is 2.92. The van der Waals surface area contributed by atoms with Crippen molar-refractivity contribution in [3.05, 3.63) is 0 Å². The molecular weight excluding hydrogens is 142 g/mol. The van der Waals surface area contributed by atoms with E-state index in [0.717, 1.165) is 19.3 Å². The van der Waals surface area contributed by atoms with Crippen LogP contribution in [0.25, 0.3) is 0 Å². The largest absolute Gasteiger partial charge is 0.550 e. The zero-order valence-corrected chi connectivity index (χ0v) is 7.14. The van der Waals surface area contributed by atoms with E-state index in [0.29, 0.717) is 6.42 Å². The van der Waals surface area contributed by atoms with E-state index < -0.39 is 5.97 Å². The third-order valence-corrected chi connectivity index (χ3v) is 1.72. The first-order valence-corrected chi connectivity index (χ1v) is 4.19. The van der Waals surface area contributed by atoms with Crippen molar-refractivity contribution in [3.63, 3.8) is 0 Å². The summed E-state index contributed by atoms with van der Waals surface area (Å²) in [5.74, 6) is -0.963. The molecule has 66 valence electrons. The third-order valence-electron chi connectivity index (χ3n) is 1.72. The number of carbonyl (C=O) groups is 1. The Bertz CT molecular complexity index is 115. The van der Waals surface area contributed by atoms with Gasteiger partial charge >= 0.3 is 0 Å². The maximum Gasteiger partial charge on any atom is 0.0847 e. The van der Waals surface area contributed by atoms with Gasteiger partial charge in [-0.3, -0.25) is 0 Å². The van der Waals surface area contributed by atoms with Crippen molar-refractivity contribution in [3.8, 4) is 0 Å². The number of carboxylic acid groups (broad SMARTS) is 1. The molecule has 0 aromatic rings. The molecule has 0 aliphatic rings. The van der Waals surface area contributed by atoms with Gasteiger partial charge in [0, 0.05) is 12.4 Å². The van der Waals surface area contributed by atoms with E-state index in [2.05, 4.69) is 12.7 Å². The minimum absolute atomic E-state index is 0.151. The van der Waals surface area contributed by atoms with Crippen molar-refractivity contribution in [2.24, 2.45) is 0 Å². The first kappa shape index (κ1) is 10.4. The van der Waals surface area contributed by atoms with Gasteiger partial charge in [-0.2, -0.15) is 0 Å². The number of carbonyl (C=O) groups excluding carboxylic acids is 1. The molecule has 0 radical (unpaired) electrons. The molecule has 1 atom stereocenters. The second kappa shape index (κ2) is 6.16. The smallest absolute Gasteiger partial charge is 0.0847 e. The molecule has 0 saturated carbocycles. The normalized spacial score (nSPS) is 12.9. The van der Waals surface area contributed by atoms with Gasteiger partial charge in [-0.1, -0.05) is 13.3 Å². The zero-order valence-electron chi connectivity index (χ0n) is 7.14. The van der Waals surface area contributed by atoms with Crippen molar-refractivity contribution in [2.45, 2.75) is 45.1 Å². The zero-order chi connectivity index (χ0) is 8.69. The molecule has 0 saturated heterocycles. The van der Waals surface area contributed by atoms with E-state index in [9.17, 15) is 9.90 Å². The molecule has 0 aromatic carbocycles. The molecule has 0 aliphatic heterocycles. The van der Waals surface area contributed by atoms with Crippen LogP contribution < -0.4 is 10.8 Å². The number of unbranched alkanes of at least 4 members (excludes halogenated alkanes) is 1. The fourth-order valence-corrected chi connectivity index (χ4v) is 0.959. The lowest BCUT2D eigenvalue weighted by molar-refractivity contribution is -0.423. The molecule has 11 heavy (non-hydrogen) atoms. The van der Waals surface area contributed by atoms with Crippen LogP contribution >= 0.6 is 0 Å². The number of rotatable bonds is 6. The van der Waals surface area contributed by atoms with E-state index in [4.69, 9.17) is 0 Å². The Morgan fingerprint density at radius 2 is 2.18 bits per heavy atom. The first-order valence-electron chi connectivity index (χ1n) is 4.19. The summed E-state index contributed by atoms with van der Waals surface area (Å²) in [7, 11) is 0. The SMILES string of the molecule is CCCC[C@@H]([NH3+])CCC(=O)[O-]. The highest BCUT2D eigenvalue weighted by Crippen LogP contribution is 2.01. The Hall–Kier alpha value is -0.570. The van der Waals surface area contributed by atoms with E-state index in [1.165, 1.54) is 0 Å². The summed E-state index contributed by atoms with van der Waals surface area (Å²) in [6.45, 7) is 2.12. The molecule has 0 aromatic heterocycles. The highest BCUT2D eigenvalue weighted by molar-refractivity contribution is 5.64. The van der Waals surface area contributed by atoms with Crippen LogP contribution in [0.5, 0.6) is 0 Å². The van der Waals surface area contributed by atoms with Crippen molar-refractivity contribution in [2.75, 3.05) is 0 Å². The van der Waals surface area contributed by atoms with Crippen molar-refractivity contribution >= 4 is 5.97 Å². The average Bonchev–Trinajstić information content (AvgIpc) is 1.97. The lowest BCUT2D eigenvalue weighted by Gasteiger charge is -2.07. The highest BCUT2D eigenvalue weighted by atomic mass is 16.4. The fraction of sp³-hybridized carbons (Fsp3) is 0.875. The first-order chi connectivity index (χ1) is 5.16. The highest BCUT2D eigenvalue weighted by Gasteiger charge is 2.04. The van der Waals surface area contributed by atoms with Gasteiger partial charge in [0.15, 0.2) is 0 Å². The molecule has 3 heteroatoms. The molecule has 0 rings (SSSR count). The van der Waals surface area contributed by atoms with Gasteiger partial charge in [-0.15, -0.1) is 0 Å². The molecule has 3 N–H and O–H groups in total. The summed E-state index contributed by atoms with van der Waals surface area (Å²) in [4.78, 5) is 10.0. The number of quaternary nitrogens is 1. The van der Waals surface area contributed by atoms with Crippen molar-refractivity contribution in [1.29, 1.82) is 0 Å². The Kier molecular flexibility index (Phi) is 5.84. The minimum atomic E-state index is -0.963. The van der Waals surface area contributed by atoms with Crippen LogP contribution in [0, 0.1) is 0 Å². The predicted octanol–water partition coefficient (Wildman–Crippen LogP) is -0.683. The van der Waals surface area contributed by atoms with Crippen LogP contribution in [0.15, 0.2) is 0 Å². The van der Waals surface area contributed by atoms with Crippen molar-refractivity contribution in [1.82, 2.24) is 0 Å². The van der Waals surface area contributed by atoms with Crippen LogP contribution in [0.2, 0.25) is 0 Å². The van der Waals surface area contributed by atoms with Gasteiger partial charge in [0.1, 0.15) is 0 Å². The Morgan fingerprint density at radius 3 is 2.64 bits per heavy atom. The van der Waals surface area contributed by atoms with Gasteiger partial charge < -0.3 is 15.6 Å². The molecule has 0 spiro atoms. The van der Waals surface area contributed by atoms with Crippen LogP contribution in [-0.4, -0.2) is 12.0 Å². The topological polar surface area (TPSA) is 67.8 Å². The predicted molar refractivity (Wildman–Crippen MR) is 40.4 cm³/mol. The summed E-state index contributed by atoms with van der Waals surface area (Å²) in [5, 5.41) is 10.0. The average molecular weight is 159 g/mol. The minimum Gasteiger partial charge on any atom is -0.550 e. The maximum atomic E-state index is 10.0. The summed E-state index contributed by atoms with van der Waals surface area (Å²) in [5.41, 5.74) is 3.86. The molecule has 0 unspecified atom stereocenters. The molecule has 0 bridgehead atoms. The molecular formula is C8H17NO2. The van der Waals surface area contributed by atoms with E-state index >= 15 is 0 Å². The Morgan fingerprint density at radius 1 is 1.55 bits per heavy atom. The summed E-state index contributed by atoms with van der Waals surface area (Å²) >= 11 is 0. The lowest BCUT2D eigenvalue weighted by atomic mass is 10.1. The van der Waals surface area contributed by atoms with Gasteiger partial charge in [0.25, 0.3) is 0 Å². The van der Waals surface area contributed by atoms with Gasteiger partial charge in [-0.05, 0) is 19.3 Å². The van der Waals surface area contributed by atoms with Crippen molar-refractivity contribution < 1.29 is 15.6 Å². The standard InChI is InChI=1S/C8H17NO2/c1-2-3-4-7(9)5-6-8(10)11/h7H,2-6,9H2,1H3,(H,10,11)/t7-/m1/s1. The maximum absolute atomic E-state index is 10.0. The number of aliphatic carboxylic acids is 1. The lowest BCUT2D eigenvalue weighted by Crippen LogP contribution is -2.60. The molecule has 0 fully saturated rings. The van der Waals surface area contributed by atoms with Gasteiger partial charge in [-0.25, -0.2) is 0 Å². The van der Waals surface area contributed by atoms with E-state index in [-0.39, 0.29) is 12.5 Å². The third kappa shape index (κ3) is 7.33.